The Balaban J connectivity index is 2.72. The highest BCUT2D eigenvalue weighted by molar-refractivity contribution is 5.88. The van der Waals surface area contributed by atoms with Crippen molar-refractivity contribution in [3.05, 3.63) is 11.8 Å². The first-order chi connectivity index (χ1) is 6.69. The van der Waals surface area contributed by atoms with Crippen molar-refractivity contribution in [2.75, 3.05) is 20.3 Å². The van der Waals surface area contributed by atoms with Gasteiger partial charge in [0.15, 0.2) is 0 Å². The highest BCUT2D eigenvalue weighted by atomic mass is 16.6. The van der Waals surface area contributed by atoms with Crippen molar-refractivity contribution < 1.29 is 19.1 Å². The average Bonchev–Trinajstić information content (AvgIpc) is 2.59. The molecule has 78 valence electrons. The van der Waals surface area contributed by atoms with Gasteiger partial charge in [-0.05, 0) is 6.42 Å². The largest absolute Gasteiger partial charge is 0.466 e. The molecule has 0 N–H and O–H groups in total. The normalized spacial score (nSPS) is 16.9. The van der Waals surface area contributed by atoms with Crippen LogP contribution in [0.5, 0.6) is 0 Å². The van der Waals surface area contributed by atoms with Gasteiger partial charge in [-0.15, -0.1) is 0 Å². The van der Waals surface area contributed by atoms with Crippen molar-refractivity contribution in [2.45, 2.75) is 13.3 Å². The minimum atomic E-state index is -0.417. The number of ether oxygens (including phenoxy) is 2. The molecule has 5 heteroatoms. The summed E-state index contributed by atoms with van der Waals surface area (Å²) in [5.41, 5.74) is 0.464. The SMILES string of the molecule is CC/C(=C\N1CCOC1=O)C(=O)OC. The first-order valence-electron chi connectivity index (χ1n) is 4.41. The van der Waals surface area contributed by atoms with Gasteiger partial charge < -0.3 is 9.47 Å². The van der Waals surface area contributed by atoms with Crippen LogP contribution in [0, 0.1) is 0 Å². The zero-order chi connectivity index (χ0) is 10.6. The molecule has 0 saturated carbocycles. The van der Waals surface area contributed by atoms with Crippen molar-refractivity contribution in [2.24, 2.45) is 0 Å². The van der Waals surface area contributed by atoms with E-state index in [-0.39, 0.29) is 0 Å². The van der Waals surface area contributed by atoms with Gasteiger partial charge in [-0.1, -0.05) is 6.92 Å². The van der Waals surface area contributed by atoms with Crippen molar-refractivity contribution >= 4 is 12.1 Å². The molecule has 1 heterocycles. The molecular formula is C9H13NO4. The Bertz CT molecular complexity index is 272. The zero-order valence-corrected chi connectivity index (χ0v) is 8.28. The maximum atomic E-state index is 11.2. The van der Waals surface area contributed by atoms with Crippen molar-refractivity contribution in [3.8, 4) is 0 Å². The van der Waals surface area contributed by atoms with Gasteiger partial charge in [-0.2, -0.15) is 0 Å². The van der Waals surface area contributed by atoms with Crippen LogP contribution in [0.15, 0.2) is 11.8 Å². The smallest absolute Gasteiger partial charge is 0.413 e. The standard InChI is InChI=1S/C9H13NO4/c1-3-7(8(11)13-2)6-10-4-5-14-9(10)12/h6H,3-5H2,1-2H3/b7-6+. The summed E-state index contributed by atoms with van der Waals surface area (Å²) in [6.45, 7) is 2.68. The number of esters is 1. The molecular weight excluding hydrogens is 186 g/mol. The highest BCUT2D eigenvalue weighted by Crippen LogP contribution is 2.10. The van der Waals surface area contributed by atoms with Crippen molar-refractivity contribution in [3.63, 3.8) is 0 Å². The molecule has 0 spiro atoms. The second-order valence-corrected chi connectivity index (χ2v) is 2.81. The molecule has 1 rings (SSSR count). The molecule has 0 aromatic rings. The molecule has 0 atom stereocenters. The van der Waals surface area contributed by atoms with Crippen LogP contribution < -0.4 is 0 Å². The molecule has 1 fully saturated rings. The number of amides is 1. The predicted octanol–water partition coefficient (Wildman–Crippen LogP) is 0.906. The number of carbonyl (C=O) groups excluding carboxylic acids is 2. The number of carbonyl (C=O) groups is 2. The Morgan fingerprint density at radius 1 is 1.71 bits per heavy atom. The molecule has 0 unspecified atom stereocenters. The lowest BCUT2D eigenvalue weighted by Crippen LogP contribution is -2.19. The quantitative estimate of drug-likeness (QED) is 0.500. The number of hydrogen-bond donors (Lipinski definition) is 0. The maximum Gasteiger partial charge on any atom is 0.413 e. The second kappa shape index (κ2) is 4.64. The van der Waals surface area contributed by atoms with Crippen LogP contribution in [0.4, 0.5) is 4.79 Å². The van der Waals surface area contributed by atoms with E-state index < -0.39 is 12.1 Å². The van der Waals surface area contributed by atoms with Crippen LogP contribution in [0.1, 0.15) is 13.3 Å². The summed E-state index contributed by atoms with van der Waals surface area (Å²) < 4.78 is 9.28. The van der Waals surface area contributed by atoms with E-state index in [9.17, 15) is 9.59 Å². The Morgan fingerprint density at radius 3 is 2.86 bits per heavy atom. The van der Waals surface area contributed by atoms with E-state index >= 15 is 0 Å². The maximum absolute atomic E-state index is 11.2. The minimum Gasteiger partial charge on any atom is -0.466 e. The Kier molecular flexibility index (Phi) is 3.50. The van der Waals surface area contributed by atoms with Gasteiger partial charge in [0.25, 0.3) is 0 Å². The summed E-state index contributed by atoms with van der Waals surface area (Å²) in [6, 6.07) is 0. The number of hydrogen-bond acceptors (Lipinski definition) is 4. The van der Waals surface area contributed by atoms with Crippen LogP contribution in [0.25, 0.3) is 0 Å². The molecule has 1 aliphatic rings. The molecule has 5 nitrogen and oxygen atoms in total. The van der Waals surface area contributed by atoms with Gasteiger partial charge >= 0.3 is 12.1 Å². The Morgan fingerprint density at radius 2 is 2.43 bits per heavy atom. The fourth-order valence-electron chi connectivity index (χ4n) is 1.13. The van der Waals surface area contributed by atoms with Crippen LogP contribution in [0.3, 0.4) is 0 Å². The van der Waals surface area contributed by atoms with Gasteiger partial charge in [-0.3, -0.25) is 4.90 Å². The molecule has 0 aliphatic carbocycles. The van der Waals surface area contributed by atoms with E-state index in [1.54, 1.807) is 0 Å². The zero-order valence-electron chi connectivity index (χ0n) is 8.28. The third-order valence-corrected chi connectivity index (χ3v) is 1.93. The third kappa shape index (κ3) is 2.25. The molecule has 0 bridgehead atoms. The van der Waals surface area contributed by atoms with Crippen LogP contribution in [-0.2, 0) is 14.3 Å². The lowest BCUT2D eigenvalue weighted by Gasteiger charge is -2.08. The number of cyclic esters (lactones) is 1. The molecule has 0 aromatic heterocycles. The van der Waals surface area contributed by atoms with Crippen molar-refractivity contribution in [1.82, 2.24) is 4.90 Å². The molecule has 1 aliphatic heterocycles. The van der Waals surface area contributed by atoms with E-state index in [0.29, 0.717) is 25.1 Å². The summed E-state index contributed by atoms with van der Waals surface area (Å²) in [4.78, 5) is 23.6. The van der Waals surface area contributed by atoms with Gasteiger partial charge in [0.2, 0.25) is 0 Å². The Labute approximate surface area is 82.3 Å². The highest BCUT2D eigenvalue weighted by Gasteiger charge is 2.21. The van der Waals surface area contributed by atoms with E-state index in [4.69, 9.17) is 4.74 Å². The average molecular weight is 199 g/mol. The van der Waals surface area contributed by atoms with E-state index in [1.807, 2.05) is 6.92 Å². The summed E-state index contributed by atoms with van der Waals surface area (Å²) in [5.74, 6) is -0.410. The first kappa shape index (κ1) is 10.6. The number of methoxy groups -OCH3 is 1. The van der Waals surface area contributed by atoms with E-state index in [0.717, 1.165) is 0 Å². The molecule has 0 aromatic carbocycles. The molecule has 14 heavy (non-hydrogen) atoms. The van der Waals surface area contributed by atoms with Gasteiger partial charge in [0.1, 0.15) is 6.61 Å². The third-order valence-electron chi connectivity index (χ3n) is 1.93. The fraction of sp³-hybridized carbons (Fsp3) is 0.556. The summed E-state index contributed by atoms with van der Waals surface area (Å²) in [6.07, 6.45) is 1.59. The van der Waals surface area contributed by atoms with Gasteiger partial charge in [0, 0.05) is 6.20 Å². The fourth-order valence-corrected chi connectivity index (χ4v) is 1.13. The molecule has 1 saturated heterocycles. The summed E-state index contributed by atoms with van der Waals surface area (Å²) in [5, 5.41) is 0. The van der Waals surface area contributed by atoms with Crippen LogP contribution in [-0.4, -0.2) is 37.2 Å². The van der Waals surface area contributed by atoms with Gasteiger partial charge in [0.05, 0.1) is 19.2 Å². The van der Waals surface area contributed by atoms with E-state index in [2.05, 4.69) is 4.74 Å². The first-order valence-corrected chi connectivity index (χ1v) is 4.41. The number of nitrogens with zero attached hydrogens (tertiary/aromatic N) is 1. The lowest BCUT2D eigenvalue weighted by molar-refractivity contribution is -0.136. The van der Waals surface area contributed by atoms with Crippen LogP contribution in [0.2, 0.25) is 0 Å². The summed E-state index contributed by atoms with van der Waals surface area (Å²) >= 11 is 0. The minimum absolute atomic E-state index is 0.369. The van der Waals surface area contributed by atoms with Crippen molar-refractivity contribution in [1.29, 1.82) is 0 Å². The molecule has 1 amide bonds. The van der Waals surface area contributed by atoms with E-state index in [1.165, 1.54) is 18.2 Å². The lowest BCUT2D eigenvalue weighted by atomic mass is 10.2. The second-order valence-electron chi connectivity index (χ2n) is 2.81. The summed E-state index contributed by atoms with van der Waals surface area (Å²) in [7, 11) is 1.31. The topological polar surface area (TPSA) is 55.8 Å². The monoisotopic (exact) mass is 199 g/mol. The predicted molar refractivity (Wildman–Crippen MR) is 48.4 cm³/mol. The number of rotatable bonds is 3. The van der Waals surface area contributed by atoms with Gasteiger partial charge in [-0.25, -0.2) is 9.59 Å². The van der Waals surface area contributed by atoms with Crippen LogP contribution >= 0.6 is 0 Å². The Hall–Kier alpha value is -1.52. The molecule has 0 radical (unpaired) electrons.